The Morgan fingerprint density at radius 3 is 0.886 bits per heavy atom. The normalized spacial score (nSPS) is 22.4. The van der Waals surface area contributed by atoms with Gasteiger partial charge in [-0.2, -0.15) is 0 Å². The highest BCUT2D eigenvalue weighted by Crippen LogP contribution is 2.36. The number of ether oxygens (including phenoxy) is 10. The zero-order valence-electron chi connectivity index (χ0n) is 41.9. The van der Waals surface area contributed by atoms with Crippen molar-refractivity contribution in [2.24, 2.45) is 5.73 Å². The predicted octanol–water partition coefficient (Wildman–Crippen LogP) is 7.62. The molecule has 2 aliphatic heterocycles. The highest BCUT2D eigenvalue weighted by molar-refractivity contribution is 5.93. The molecule has 2 heterocycles. The van der Waals surface area contributed by atoms with E-state index in [9.17, 15) is 33.6 Å². The first-order valence-corrected chi connectivity index (χ1v) is 25.0. The van der Waals surface area contributed by atoms with Gasteiger partial charge in [-0.25, -0.2) is 33.6 Å². The molecule has 7 aromatic rings. The van der Waals surface area contributed by atoms with E-state index < -0.39 is 116 Å². The van der Waals surface area contributed by atoms with Gasteiger partial charge in [-0.05, 0) is 84.9 Å². The minimum absolute atomic E-state index is 0.00589. The van der Waals surface area contributed by atoms with Crippen LogP contribution in [0.4, 0.5) is 0 Å². The van der Waals surface area contributed by atoms with Gasteiger partial charge in [0.2, 0.25) is 0 Å². The minimum Gasteiger partial charge on any atom is -0.459 e. The van der Waals surface area contributed by atoms with E-state index in [-0.39, 0.29) is 38.9 Å². The van der Waals surface area contributed by atoms with E-state index in [0.29, 0.717) is 0 Å². The maximum atomic E-state index is 14.5. The topological polar surface area (TPSA) is 238 Å². The number of esters is 7. The molecule has 0 spiro atoms. The summed E-state index contributed by atoms with van der Waals surface area (Å²) < 4.78 is 62.6. The molecule has 0 bridgehead atoms. The summed E-state index contributed by atoms with van der Waals surface area (Å²) >= 11 is 0. The van der Waals surface area contributed by atoms with E-state index in [1.54, 1.807) is 127 Å². The average Bonchev–Trinajstić information content (AvgIpc) is 3.61. The molecular formula is C61H51NO17. The van der Waals surface area contributed by atoms with Gasteiger partial charge in [0, 0.05) is 0 Å². The molecule has 18 heteroatoms. The lowest BCUT2D eigenvalue weighted by molar-refractivity contribution is -0.338. The molecular weight excluding hydrogens is 1020 g/mol. The van der Waals surface area contributed by atoms with Crippen LogP contribution in [0.25, 0.3) is 0 Å². The summed E-state index contributed by atoms with van der Waals surface area (Å²) in [6.07, 6.45) is -17.8. The molecule has 2 aliphatic rings. The first-order chi connectivity index (χ1) is 38.5. The summed E-state index contributed by atoms with van der Waals surface area (Å²) in [7, 11) is 0. The molecule has 402 valence electrons. The van der Waals surface area contributed by atoms with Crippen LogP contribution < -0.4 is 5.73 Å². The number of rotatable bonds is 18. The molecule has 9 rings (SSSR count). The van der Waals surface area contributed by atoms with E-state index in [1.807, 2.05) is 0 Å². The molecule has 2 saturated heterocycles. The van der Waals surface area contributed by atoms with E-state index in [2.05, 4.69) is 0 Å². The first kappa shape index (κ1) is 54.5. The molecule has 0 unspecified atom stereocenters. The third-order valence-electron chi connectivity index (χ3n) is 12.6. The molecule has 10 atom stereocenters. The van der Waals surface area contributed by atoms with E-state index in [4.69, 9.17) is 53.1 Å². The van der Waals surface area contributed by atoms with Gasteiger partial charge in [-0.3, -0.25) is 0 Å². The van der Waals surface area contributed by atoms with Crippen LogP contribution in [0, 0.1) is 0 Å². The van der Waals surface area contributed by atoms with Gasteiger partial charge in [0.05, 0.1) is 38.9 Å². The minimum atomic E-state index is -2.04. The van der Waals surface area contributed by atoms with Crippen molar-refractivity contribution in [3.8, 4) is 0 Å². The van der Waals surface area contributed by atoms with E-state index >= 15 is 0 Å². The summed E-state index contributed by atoms with van der Waals surface area (Å²) in [6.45, 7) is -1.40. The SMILES string of the molecule is N[C@@H]1O[C@H](COC(=O)c2ccccc2)[C@@H](O[C@@H]2O[C@H](COC(=O)c3ccccc3)[C@H](OC(=O)c3ccccc3)[C@H](OC(=O)c3ccccc3)[C@H]2OC(=O)c2ccccc2)[C@H](OC(=O)c2ccccc2)[C@H]1OC(=O)c1ccccc1. The Bertz CT molecular complexity index is 3170. The van der Waals surface area contributed by atoms with Gasteiger partial charge in [0.25, 0.3) is 0 Å². The fourth-order valence-electron chi connectivity index (χ4n) is 8.65. The van der Waals surface area contributed by atoms with Crippen molar-refractivity contribution >= 4 is 41.8 Å². The third kappa shape index (κ3) is 13.8. The summed E-state index contributed by atoms with van der Waals surface area (Å²) in [5.41, 5.74) is 7.19. The lowest BCUT2D eigenvalue weighted by Gasteiger charge is -2.48. The smallest absolute Gasteiger partial charge is 0.338 e. The Hall–Kier alpha value is -9.33. The van der Waals surface area contributed by atoms with Crippen molar-refractivity contribution in [2.45, 2.75) is 61.3 Å². The van der Waals surface area contributed by atoms with Crippen molar-refractivity contribution in [3.05, 3.63) is 251 Å². The molecule has 0 saturated carbocycles. The fourth-order valence-corrected chi connectivity index (χ4v) is 8.65. The van der Waals surface area contributed by atoms with Crippen LogP contribution in [0.2, 0.25) is 0 Å². The van der Waals surface area contributed by atoms with Gasteiger partial charge >= 0.3 is 41.8 Å². The molecule has 7 aromatic carbocycles. The zero-order chi connectivity index (χ0) is 55.1. The lowest BCUT2D eigenvalue weighted by Crippen LogP contribution is -2.68. The van der Waals surface area contributed by atoms with Crippen LogP contribution in [0.1, 0.15) is 72.5 Å². The van der Waals surface area contributed by atoms with Crippen molar-refractivity contribution in [2.75, 3.05) is 13.2 Å². The number of hydrogen-bond acceptors (Lipinski definition) is 18. The van der Waals surface area contributed by atoms with Crippen LogP contribution in [0.5, 0.6) is 0 Å². The highest BCUT2D eigenvalue weighted by atomic mass is 16.8. The van der Waals surface area contributed by atoms with Crippen LogP contribution in [0.3, 0.4) is 0 Å². The van der Waals surface area contributed by atoms with Gasteiger partial charge in [0.15, 0.2) is 36.8 Å². The number of carbonyl (C=O) groups is 7. The number of benzene rings is 7. The Kier molecular flexibility index (Phi) is 18.0. The average molecular weight is 1070 g/mol. The Morgan fingerprint density at radius 2 is 0.557 bits per heavy atom. The van der Waals surface area contributed by atoms with Crippen molar-refractivity contribution in [3.63, 3.8) is 0 Å². The van der Waals surface area contributed by atoms with Crippen LogP contribution in [0.15, 0.2) is 212 Å². The fraction of sp³-hybridized carbons (Fsp3) is 0.197. The maximum absolute atomic E-state index is 14.5. The summed E-state index contributed by atoms with van der Waals surface area (Å²) in [5.74, 6) is -6.48. The van der Waals surface area contributed by atoms with E-state index in [1.165, 1.54) is 84.9 Å². The highest BCUT2D eigenvalue weighted by Gasteiger charge is 2.58. The predicted molar refractivity (Wildman–Crippen MR) is 278 cm³/mol. The second-order valence-electron chi connectivity index (χ2n) is 17.9. The van der Waals surface area contributed by atoms with Crippen LogP contribution in [-0.2, 0) is 47.4 Å². The summed E-state index contributed by atoms with van der Waals surface area (Å²) in [5, 5.41) is 0. The quantitative estimate of drug-likeness (QED) is 0.0642. The molecule has 18 nitrogen and oxygen atoms in total. The molecule has 0 amide bonds. The number of hydrogen-bond donors (Lipinski definition) is 1. The van der Waals surface area contributed by atoms with Crippen LogP contribution in [-0.4, -0.2) is 116 Å². The second kappa shape index (κ2) is 26.1. The largest absolute Gasteiger partial charge is 0.459 e. The van der Waals surface area contributed by atoms with Crippen molar-refractivity contribution in [1.82, 2.24) is 0 Å². The van der Waals surface area contributed by atoms with Crippen molar-refractivity contribution < 1.29 is 80.9 Å². The molecule has 79 heavy (non-hydrogen) atoms. The molecule has 0 aliphatic carbocycles. The molecule has 0 aromatic heterocycles. The Morgan fingerprint density at radius 1 is 0.304 bits per heavy atom. The first-order valence-electron chi connectivity index (χ1n) is 25.0. The standard InChI is InChI=1S/C61H51NO17/c62-53-51(77-59(68)43-32-18-6-19-33-43)49(75-57(66)41-28-14-4-15-29-41)48(45(72-53)36-70-54(63)38-22-8-1-9-23-38)79-61-52(78-60(69)44-34-20-7-21-35-44)50(76-58(67)42-30-16-5-17-31-42)47(74-56(65)40-26-12-3-13-27-40)46(73-61)37-71-55(64)39-24-10-2-11-25-39/h1-35,45-53,61H,36-37,62H2/t45-,46-,47+,48-,49+,50+,51-,52-,53-,61+/m1/s1. The summed E-state index contributed by atoms with van der Waals surface area (Å²) in [4.78, 5) is 98.8. The molecule has 2 N–H and O–H groups in total. The monoisotopic (exact) mass is 1070 g/mol. The number of carbonyl (C=O) groups excluding carboxylic acids is 7. The van der Waals surface area contributed by atoms with Crippen molar-refractivity contribution in [1.29, 1.82) is 0 Å². The Balaban J connectivity index is 1.18. The van der Waals surface area contributed by atoms with Gasteiger partial charge < -0.3 is 53.1 Å². The lowest BCUT2D eigenvalue weighted by atomic mass is 9.95. The van der Waals surface area contributed by atoms with E-state index in [0.717, 1.165) is 0 Å². The zero-order valence-corrected chi connectivity index (χ0v) is 41.9. The van der Waals surface area contributed by atoms with Crippen LogP contribution >= 0.6 is 0 Å². The number of nitrogens with two attached hydrogens (primary N) is 1. The van der Waals surface area contributed by atoms with Gasteiger partial charge in [0.1, 0.15) is 37.8 Å². The molecule has 2 fully saturated rings. The third-order valence-corrected chi connectivity index (χ3v) is 12.6. The maximum Gasteiger partial charge on any atom is 0.338 e. The molecule has 0 radical (unpaired) electrons. The second-order valence-corrected chi connectivity index (χ2v) is 17.9. The van der Waals surface area contributed by atoms with Gasteiger partial charge in [-0.15, -0.1) is 0 Å². The summed E-state index contributed by atoms with van der Waals surface area (Å²) in [6, 6.07) is 54.7. The Labute approximate surface area is 452 Å². The van der Waals surface area contributed by atoms with Gasteiger partial charge in [-0.1, -0.05) is 127 Å².